The average Bonchev–Trinajstić information content (AvgIpc) is 3.94. The van der Waals surface area contributed by atoms with E-state index in [4.69, 9.17) is 4.42 Å². The molecule has 0 saturated carbocycles. The quantitative estimate of drug-likeness (QED) is 0.164. The maximum Gasteiger partial charge on any atom is 0.135 e. The van der Waals surface area contributed by atoms with Crippen molar-refractivity contribution < 1.29 is 4.42 Å². The molecule has 3 heteroatoms. The van der Waals surface area contributed by atoms with Crippen molar-refractivity contribution in [1.82, 2.24) is 0 Å². The van der Waals surface area contributed by atoms with Gasteiger partial charge < -0.3 is 4.42 Å². The molecular weight excluding hydrogens is 729 g/mol. The van der Waals surface area contributed by atoms with E-state index in [1.165, 1.54) is 106 Å². The van der Waals surface area contributed by atoms with Crippen LogP contribution in [0.3, 0.4) is 0 Å². The maximum atomic E-state index is 6.21. The molecule has 264 valence electrons. The Balaban J connectivity index is 0.928. The molecule has 57 heavy (non-hydrogen) atoms. The zero-order valence-corrected chi connectivity index (χ0v) is 32.2. The molecule has 0 saturated heterocycles. The van der Waals surface area contributed by atoms with Crippen LogP contribution in [0.5, 0.6) is 0 Å². The highest BCUT2D eigenvalue weighted by Gasteiger charge is 2.18. The number of furan rings is 1. The Hall–Kier alpha value is -6.78. The summed E-state index contributed by atoms with van der Waals surface area (Å²) in [6.45, 7) is 0. The molecule has 0 unspecified atom stereocenters. The van der Waals surface area contributed by atoms with E-state index in [-0.39, 0.29) is 0 Å². The number of fused-ring (bicyclic) bond motifs is 12. The van der Waals surface area contributed by atoms with Crippen molar-refractivity contribution in [2.24, 2.45) is 0 Å². The van der Waals surface area contributed by atoms with Crippen LogP contribution < -0.4 is 0 Å². The number of para-hydroxylation sites is 1. The molecule has 3 heterocycles. The third-order valence-corrected chi connectivity index (χ3v) is 14.3. The van der Waals surface area contributed by atoms with Crippen LogP contribution >= 0.6 is 22.7 Å². The molecule has 0 radical (unpaired) electrons. The van der Waals surface area contributed by atoms with Gasteiger partial charge in [0.25, 0.3) is 0 Å². The van der Waals surface area contributed by atoms with Gasteiger partial charge in [-0.25, -0.2) is 0 Å². The monoisotopic (exact) mass is 758 g/mol. The van der Waals surface area contributed by atoms with Gasteiger partial charge in [-0.2, -0.15) is 0 Å². The minimum atomic E-state index is 0.915. The molecule has 0 aliphatic rings. The Morgan fingerprint density at radius 3 is 1.51 bits per heavy atom. The molecule has 13 rings (SSSR count). The Kier molecular flexibility index (Phi) is 6.54. The second-order valence-electron chi connectivity index (χ2n) is 15.2. The normalized spacial score (nSPS) is 12.2. The van der Waals surface area contributed by atoms with Crippen LogP contribution in [0.4, 0.5) is 0 Å². The second-order valence-corrected chi connectivity index (χ2v) is 17.4. The zero-order chi connectivity index (χ0) is 37.2. The van der Waals surface area contributed by atoms with E-state index in [2.05, 4.69) is 170 Å². The lowest BCUT2D eigenvalue weighted by Gasteiger charge is -2.18. The van der Waals surface area contributed by atoms with Gasteiger partial charge >= 0.3 is 0 Å². The zero-order valence-electron chi connectivity index (χ0n) is 30.5. The molecule has 0 fully saturated rings. The highest BCUT2D eigenvalue weighted by atomic mass is 32.1. The largest absolute Gasteiger partial charge is 0.456 e. The summed E-state index contributed by atoms with van der Waals surface area (Å²) in [5.41, 5.74) is 9.22. The number of thiophene rings is 2. The summed E-state index contributed by atoms with van der Waals surface area (Å²) in [7, 11) is 0. The third-order valence-electron chi connectivity index (χ3n) is 12.0. The van der Waals surface area contributed by atoms with Crippen molar-refractivity contribution in [2.75, 3.05) is 0 Å². The lowest BCUT2D eigenvalue weighted by Crippen LogP contribution is -1.91. The van der Waals surface area contributed by atoms with E-state index < -0.39 is 0 Å². The molecule has 0 aliphatic carbocycles. The summed E-state index contributed by atoms with van der Waals surface area (Å²) in [5.74, 6) is 0. The fourth-order valence-corrected chi connectivity index (χ4v) is 11.7. The van der Waals surface area contributed by atoms with Gasteiger partial charge in [-0.3, -0.25) is 0 Å². The van der Waals surface area contributed by atoms with Crippen LogP contribution in [-0.2, 0) is 0 Å². The molecule has 0 atom stereocenters. The van der Waals surface area contributed by atoms with Gasteiger partial charge in [0.1, 0.15) is 11.2 Å². The summed E-state index contributed by atoms with van der Waals surface area (Å²) in [6.07, 6.45) is 0. The van der Waals surface area contributed by atoms with Crippen LogP contribution in [0.25, 0.3) is 128 Å². The number of benzene rings is 10. The van der Waals surface area contributed by atoms with Gasteiger partial charge in [-0.05, 0) is 120 Å². The van der Waals surface area contributed by atoms with Crippen LogP contribution in [0.1, 0.15) is 0 Å². The SMILES string of the molecule is c1ccc2c(c1)oc1ccc(-c3c4ccccc4c(-c4ccc(-c5ccc6cc7sc8cc9c(cc8c7cc6c5)sc5ccccc59)cc4)c4ccccc34)cc12. The summed E-state index contributed by atoms with van der Waals surface area (Å²) < 4.78 is 11.6. The van der Waals surface area contributed by atoms with Crippen molar-refractivity contribution in [3.8, 4) is 33.4 Å². The lowest BCUT2D eigenvalue weighted by molar-refractivity contribution is 0.669. The number of rotatable bonds is 3. The maximum absolute atomic E-state index is 6.21. The lowest BCUT2D eigenvalue weighted by atomic mass is 9.85. The molecule has 3 aromatic heterocycles. The van der Waals surface area contributed by atoms with Crippen molar-refractivity contribution in [1.29, 1.82) is 0 Å². The summed E-state index contributed by atoms with van der Waals surface area (Å²) in [5, 5.41) is 15.3. The predicted molar refractivity (Wildman–Crippen MR) is 248 cm³/mol. The van der Waals surface area contributed by atoms with Gasteiger partial charge in [0.15, 0.2) is 0 Å². The molecule has 0 spiro atoms. The summed E-state index contributed by atoms with van der Waals surface area (Å²) in [6, 6.07) is 67.3. The molecule has 1 nitrogen and oxygen atoms in total. The molecular formula is C54H30OS2. The molecule has 0 bridgehead atoms. The van der Waals surface area contributed by atoms with Gasteiger partial charge in [-0.1, -0.05) is 127 Å². The van der Waals surface area contributed by atoms with E-state index in [0.717, 1.165) is 21.9 Å². The first-order chi connectivity index (χ1) is 28.2. The van der Waals surface area contributed by atoms with Crippen LogP contribution in [0.15, 0.2) is 186 Å². The minimum Gasteiger partial charge on any atom is -0.456 e. The fourth-order valence-electron chi connectivity index (χ4n) is 9.38. The van der Waals surface area contributed by atoms with Crippen molar-refractivity contribution in [3.05, 3.63) is 182 Å². The first-order valence-electron chi connectivity index (χ1n) is 19.4. The Bertz CT molecular complexity index is 3750. The predicted octanol–water partition coefficient (Wildman–Crippen LogP) is 16.8. The van der Waals surface area contributed by atoms with Crippen LogP contribution in [0, 0.1) is 0 Å². The van der Waals surface area contributed by atoms with Gasteiger partial charge in [0.05, 0.1) is 0 Å². The van der Waals surface area contributed by atoms with Gasteiger partial charge in [0.2, 0.25) is 0 Å². The third kappa shape index (κ3) is 4.67. The molecule has 0 amide bonds. The fraction of sp³-hybridized carbons (Fsp3) is 0. The van der Waals surface area contributed by atoms with E-state index in [9.17, 15) is 0 Å². The molecule has 0 N–H and O–H groups in total. The number of hydrogen-bond donors (Lipinski definition) is 0. The standard InChI is InChI=1S/C54H30OS2/c1-3-13-41-39(11-1)53(40-12-2-4-14-42(40)54(41)35-23-24-48-43(26-35)37-9-5-7-15-47(37)55-48)32-19-17-31(18-20-32)33-21-22-34-28-50-44(27-36(34)25-33)46-30-51-45(29-52(46)57-50)38-10-6-8-16-49(38)56-51/h1-30H. The Labute approximate surface area is 335 Å². The average molecular weight is 759 g/mol. The highest BCUT2D eigenvalue weighted by molar-refractivity contribution is 7.27. The first kappa shape index (κ1) is 31.4. The highest BCUT2D eigenvalue weighted by Crippen LogP contribution is 2.46. The van der Waals surface area contributed by atoms with Crippen molar-refractivity contribution in [3.63, 3.8) is 0 Å². The first-order valence-corrected chi connectivity index (χ1v) is 21.0. The van der Waals surface area contributed by atoms with Gasteiger partial charge in [-0.15, -0.1) is 22.7 Å². The molecule has 0 aliphatic heterocycles. The van der Waals surface area contributed by atoms with E-state index in [0.29, 0.717) is 0 Å². The van der Waals surface area contributed by atoms with E-state index in [1.807, 2.05) is 34.8 Å². The number of hydrogen-bond acceptors (Lipinski definition) is 3. The van der Waals surface area contributed by atoms with Crippen LogP contribution in [0.2, 0.25) is 0 Å². The topological polar surface area (TPSA) is 13.1 Å². The molecule has 10 aromatic carbocycles. The van der Waals surface area contributed by atoms with E-state index in [1.54, 1.807) is 0 Å². The smallest absolute Gasteiger partial charge is 0.135 e. The summed E-state index contributed by atoms with van der Waals surface area (Å²) >= 11 is 3.80. The van der Waals surface area contributed by atoms with Crippen molar-refractivity contribution in [2.45, 2.75) is 0 Å². The van der Waals surface area contributed by atoms with Crippen LogP contribution in [-0.4, -0.2) is 0 Å². The summed E-state index contributed by atoms with van der Waals surface area (Å²) in [4.78, 5) is 0. The molecule has 13 aromatic rings. The Morgan fingerprint density at radius 2 is 0.772 bits per heavy atom. The second kappa shape index (κ2) is 11.9. The Morgan fingerprint density at radius 1 is 0.263 bits per heavy atom. The van der Waals surface area contributed by atoms with Crippen molar-refractivity contribution >= 4 is 117 Å². The van der Waals surface area contributed by atoms with E-state index >= 15 is 0 Å². The van der Waals surface area contributed by atoms with Gasteiger partial charge in [0, 0.05) is 51.1 Å². The minimum absolute atomic E-state index is 0.915.